The van der Waals surface area contributed by atoms with Gasteiger partial charge in [0.15, 0.2) is 0 Å². The standard InChI is InChI=1S/C14H23N3O/c1-3-18-14-6-4-12(5-7-14)17-9-8-16(2)11-13(17)10-15/h4-7,13H,3,8-11,15H2,1-2H3. The molecule has 0 aromatic heterocycles. The fraction of sp³-hybridized carbons (Fsp3) is 0.571. The van der Waals surface area contributed by atoms with Gasteiger partial charge in [0.2, 0.25) is 0 Å². The first-order chi connectivity index (χ1) is 8.74. The average Bonchev–Trinajstić information content (AvgIpc) is 2.40. The second kappa shape index (κ2) is 6.07. The van der Waals surface area contributed by atoms with Crippen LogP contribution in [0, 0.1) is 0 Å². The zero-order valence-electron chi connectivity index (χ0n) is 11.3. The predicted octanol–water partition coefficient (Wildman–Crippen LogP) is 1.16. The number of anilines is 1. The van der Waals surface area contributed by atoms with Gasteiger partial charge in [-0.2, -0.15) is 0 Å². The van der Waals surface area contributed by atoms with E-state index in [4.69, 9.17) is 10.5 Å². The van der Waals surface area contributed by atoms with Gasteiger partial charge in [-0.15, -0.1) is 0 Å². The molecule has 4 heteroatoms. The van der Waals surface area contributed by atoms with Crippen LogP contribution in [0.4, 0.5) is 5.69 Å². The lowest BCUT2D eigenvalue weighted by Gasteiger charge is -2.41. The van der Waals surface area contributed by atoms with Crippen molar-refractivity contribution in [2.24, 2.45) is 5.73 Å². The summed E-state index contributed by atoms with van der Waals surface area (Å²) < 4.78 is 5.47. The first-order valence-electron chi connectivity index (χ1n) is 6.62. The quantitative estimate of drug-likeness (QED) is 0.869. The molecule has 0 amide bonds. The van der Waals surface area contributed by atoms with Gasteiger partial charge in [-0.05, 0) is 38.2 Å². The van der Waals surface area contributed by atoms with E-state index < -0.39 is 0 Å². The Bertz CT molecular complexity index is 366. The Hall–Kier alpha value is -1.26. The highest BCUT2D eigenvalue weighted by Gasteiger charge is 2.24. The van der Waals surface area contributed by atoms with Crippen LogP contribution in [0.5, 0.6) is 5.75 Å². The van der Waals surface area contributed by atoms with Crippen molar-refractivity contribution in [3.63, 3.8) is 0 Å². The number of nitrogens with zero attached hydrogens (tertiary/aromatic N) is 2. The van der Waals surface area contributed by atoms with Crippen LogP contribution in [0.15, 0.2) is 24.3 Å². The van der Waals surface area contributed by atoms with E-state index in [1.165, 1.54) is 5.69 Å². The SMILES string of the molecule is CCOc1ccc(N2CCN(C)CC2CN)cc1. The van der Waals surface area contributed by atoms with Crippen molar-refractivity contribution in [3.8, 4) is 5.75 Å². The van der Waals surface area contributed by atoms with E-state index in [0.717, 1.165) is 25.4 Å². The van der Waals surface area contributed by atoms with Crippen molar-refractivity contribution < 1.29 is 4.74 Å². The van der Waals surface area contributed by atoms with Crippen molar-refractivity contribution in [2.75, 3.05) is 44.7 Å². The smallest absolute Gasteiger partial charge is 0.119 e. The maximum absolute atomic E-state index is 5.88. The molecule has 1 unspecified atom stereocenters. The van der Waals surface area contributed by atoms with Crippen LogP contribution < -0.4 is 15.4 Å². The molecule has 1 aliphatic heterocycles. The van der Waals surface area contributed by atoms with E-state index in [2.05, 4.69) is 29.0 Å². The Kier molecular flexibility index (Phi) is 4.44. The second-order valence-electron chi connectivity index (χ2n) is 4.77. The summed E-state index contributed by atoms with van der Waals surface area (Å²) in [5, 5.41) is 0. The highest BCUT2D eigenvalue weighted by molar-refractivity contribution is 5.50. The van der Waals surface area contributed by atoms with Gasteiger partial charge < -0.3 is 20.3 Å². The predicted molar refractivity (Wildman–Crippen MR) is 75.3 cm³/mol. The van der Waals surface area contributed by atoms with E-state index in [-0.39, 0.29) is 0 Å². The van der Waals surface area contributed by atoms with Crippen molar-refractivity contribution >= 4 is 5.69 Å². The molecular weight excluding hydrogens is 226 g/mol. The van der Waals surface area contributed by atoms with Crippen LogP contribution in [0.1, 0.15) is 6.92 Å². The number of hydrogen-bond donors (Lipinski definition) is 1. The summed E-state index contributed by atoms with van der Waals surface area (Å²) in [4.78, 5) is 4.73. The summed E-state index contributed by atoms with van der Waals surface area (Å²) in [5.41, 5.74) is 7.12. The number of nitrogens with two attached hydrogens (primary N) is 1. The molecule has 4 nitrogen and oxygen atoms in total. The first-order valence-corrected chi connectivity index (χ1v) is 6.62. The normalized spacial score (nSPS) is 21.1. The monoisotopic (exact) mass is 249 g/mol. The number of rotatable bonds is 4. The molecule has 1 aromatic rings. The van der Waals surface area contributed by atoms with Crippen LogP contribution in [-0.2, 0) is 0 Å². The third-order valence-corrected chi connectivity index (χ3v) is 3.44. The van der Waals surface area contributed by atoms with Crippen LogP contribution in [-0.4, -0.2) is 50.8 Å². The molecule has 2 rings (SSSR count). The zero-order valence-corrected chi connectivity index (χ0v) is 11.3. The van der Waals surface area contributed by atoms with Gasteiger partial charge >= 0.3 is 0 Å². The molecule has 0 aliphatic carbocycles. The van der Waals surface area contributed by atoms with E-state index in [9.17, 15) is 0 Å². The molecule has 0 spiro atoms. The van der Waals surface area contributed by atoms with Gasteiger partial charge in [0.25, 0.3) is 0 Å². The molecule has 1 fully saturated rings. The fourth-order valence-corrected chi connectivity index (χ4v) is 2.45. The van der Waals surface area contributed by atoms with Crippen molar-refractivity contribution in [3.05, 3.63) is 24.3 Å². The van der Waals surface area contributed by atoms with E-state index in [1.54, 1.807) is 0 Å². The fourth-order valence-electron chi connectivity index (χ4n) is 2.45. The lowest BCUT2D eigenvalue weighted by Crippen LogP contribution is -2.55. The number of benzene rings is 1. The van der Waals surface area contributed by atoms with Crippen LogP contribution >= 0.6 is 0 Å². The molecule has 0 radical (unpaired) electrons. The molecule has 0 bridgehead atoms. The molecule has 1 atom stereocenters. The van der Waals surface area contributed by atoms with Crippen LogP contribution in [0.2, 0.25) is 0 Å². The van der Waals surface area contributed by atoms with Crippen molar-refractivity contribution in [1.82, 2.24) is 4.90 Å². The minimum Gasteiger partial charge on any atom is -0.494 e. The maximum atomic E-state index is 5.88. The van der Waals surface area contributed by atoms with Gasteiger partial charge in [-0.1, -0.05) is 0 Å². The van der Waals surface area contributed by atoms with Crippen LogP contribution in [0.25, 0.3) is 0 Å². The van der Waals surface area contributed by atoms with E-state index in [0.29, 0.717) is 19.2 Å². The Morgan fingerprint density at radius 3 is 2.61 bits per heavy atom. The third kappa shape index (κ3) is 2.94. The first kappa shape index (κ1) is 13.2. The third-order valence-electron chi connectivity index (χ3n) is 3.44. The molecule has 100 valence electrons. The summed E-state index contributed by atoms with van der Waals surface area (Å²) in [6.45, 7) is 6.55. The Labute approximate surface area is 109 Å². The second-order valence-corrected chi connectivity index (χ2v) is 4.77. The average molecular weight is 249 g/mol. The van der Waals surface area contributed by atoms with Crippen molar-refractivity contribution in [2.45, 2.75) is 13.0 Å². The molecule has 1 heterocycles. The molecule has 2 N–H and O–H groups in total. The Morgan fingerprint density at radius 1 is 1.28 bits per heavy atom. The van der Waals surface area contributed by atoms with Gasteiger partial charge in [0.05, 0.1) is 12.6 Å². The maximum Gasteiger partial charge on any atom is 0.119 e. The lowest BCUT2D eigenvalue weighted by molar-refractivity contribution is 0.269. The number of piperazine rings is 1. The summed E-state index contributed by atoms with van der Waals surface area (Å²) in [5.74, 6) is 0.930. The minimum absolute atomic E-state index is 0.404. The van der Waals surface area contributed by atoms with Gasteiger partial charge in [0.1, 0.15) is 5.75 Å². The van der Waals surface area contributed by atoms with Crippen molar-refractivity contribution in [1.29, 1.82) is 0 Å². The Balaban J connectivity index is 2.09. The summed E-state index contributed by atoms with van der Waals surface area (Å²) >= 11 is 0. The largest absolute Gasteiger partial charge is 0.494 e. The lowest BCUT2D eigenvalue weighted by atomic mass is 10.1. The molecule has 1 aromatic carbocycles. The summed E-state index contributed by atoms with van der Waals surface area (Å²) in [6.07, 6.45) is 0. The number of hydrogen-bond acceptors (Lipinski definition) is 4. The zero-order chi connectivity index (χ0) is 13.0. The van der Waals surface area contributed by atoms with E-state index >= 15 is 0 Å². The summed E-state index contributed by atoms with van der Waals surface area (Å²) in [7, 11) is 2.15. The highest BCUT2D eigenvalue weighted by Crippen LogP contribution is 2.23. The summed E-state index contributed by atoms with van der Waals surface area (Å²) in [6, 6.07) is 8.72. The molecule has 1 saturated heterocycles. The molecule has 1 aliphatic rings. The minimum atomic E-state index is 0.404. The molecule has 18 heavy (non-hydrogen) atoms. The van der Waals surface area contributed by atoms with Gasteiger partial charge in [-0.25, -0.2) is 0 Å². The number of likely N-dealkylation sites (N-methyl/N-ethyl adjacent to an activating group) is 1. The molecule has 0 saturated carbocycles. The van der Waals surface area contributed by atoms with Gasteiger partial charge in [-0.3, -0.25) is 0 Å². The van der Waals surface area contributed by atoms with Gasteiger partial charge in [0, 0.05) is 31.9 Å². The molecular formula is C14H23N3O. The van der Waals surface area contributed by atoms with E-state index in [1.807, 2.05) is 19.1 Å². The topological polar surface area (TPSA) is 41.7 Å². The Morgan fingerprint density at radius 2 is 2.00 bits per heavy atom. The highest BCUT2D eigenvalue weighted by atomic mass is 16.5. The number of ether oxygens (including phenoxy) is 1. The van der Waals surface area contributed by atoms with Crippen LogP contribution in [0.3, 0.4) is 0 Å².